The SMILES string of the molecule is Cc1ccc(NC(=O)c2ncsc2C)cc1C. The summed E-state index contributed by atoms with van der Waals surface area (Å²) >= 11 is 1.48. The first kappa shape index (κ1) is 11.8. The highest BCUT2D eigenvalue weighted by Crippen LogP contribution is 2.17. The summed E-state index contributed by atoms with van der Waals surface area (Å²) in [5, 5.41) is 2.86. The Balaban J connectivity index is 2.19. The molecule has 0 bridgehead atoms. The van der Waals surface area contributed by atoms with Crippen molar-refractivity contribution in [3.05, 3.63) is 45.4 Å². The largest absolute Gasteiger partial charge is 0.321 e. The van der Waals surface area contributed by atoms with E-state index < -0.39 is 0 Å². The van der Waals surface area contributed by atoms with Gasteiger partial charge in [-0.3, -0.25) is 4.79 Å². The lowest BCUT2D eigenvalue weighted by Gasteiger charge is -2.06. The monoisotopic (exact) mass is 246 g/mol. The Labute approximate surface area is 105 Å². The Hall–Kier alpha value is -1.68. The lowest BCUT2D eigenvalue weighted by Crippen LogP contribution is -2.13. The first-order chi connectivity index (χ1) is 8.08. The molecular formula is C13H14N2OS. The molecule has 4 heteroatoms. The maximum atomic E-state index is 11.9. The van der Waals surface area contributed by atoms with Crippen LogP contribution in [-0.4, -0.2) is 10.9 Å². The molecule has 1 N–H and O–H groups in total. The summed E-state index contributed by atoms with van der Waals surface area (Å²) in [5.74, 6) is -0.146. The van der Waals surface area contributed by atoms with Gasteiger partial charge in [0.1, 0.15) is 5.69 Å². The normalized spacial score (nSPS) is 10.3. The van der Waals surface area contributed by atoms with Crippen molar-refractivity contribution in [2.75, 3.05) is 5.32 Å². The minimum atomic E-state index is -0.146. The standard InChI is InChI=1S/C13H14N2OS/c1-8-4-5-11(6-9(8)2)15-13(16)12-10(3)17-7-14-12/h4-7H,1-3H3,(H,15,16). The number of hydrogen-bond acceptors (Lipinski definition) is 3. The summed E-state index contributed by atoms with van der Waals surface area (Å²) in [6, 6.07) is 5.87. The van der Waals surface area contributed by atoms with Crippen LogP contribution in [0.3, 0.4) is 0 Å². The Morgan fingerprint density at radius 1 is 1.24 bits per heavy atom. The smallest absolute Gasteiger partial charge is 0.275 e. The van der Waals surface area contributed by atoms with E-state index in [2.05, 4.69) is 10.3 Å². The molecule has 2 rings (SSSR count). The first-order valence-electron chi connectivity index (χ1n) is 5.36. The summed E-state index contributed by atoms with van der Waals surface area (Å²) in [4.78, 5) is 16.9. The minimum absolute atomic E-state index is 0.146. The number of hydrogen-bond donors (Lipinski definition) is 1. The fourth-order valence-corrected chi connectivity index (χ4v) is 2.11. The fourth-order valence-electron chi connectivity index (χ4n) is 1.53. The number of carbonyl (C=O) groups is 1. The second-order valence-corrected chi connectivity index (χ2v) is 5.07. The van der Waals surface area contributed by atoms with Crippen LogP contribution in [0.1, 0.15) is 26.5 Å². The molecule has 3 nitrogen and oxygen atoms in total. The molecule has 2 aromatic rings. The number of nitrogens with zero attached hydrogens (tertiary/aromatic N) is 1. The molecular weight excluding hydrogens is 232 g/mol. The highest BCUT2D eigenvalue weighted by atomic mass is 32.1. The summed E-state index contributed by atoms with van der Waals surface area (Å²) in [5.41, 5.74) is 5.38. The number of nitrogens with one attached hydrogen (secondary N) is 1. The van der Waals surface area contributed by atoms with E-state index in [0.717, 1.165) is 16.1 Å². The number of amides is 1. The molecule has 1 aromatic carbocycles. The van der Waals surface area contributed by atoms with E-state index in [-0.39, 0.29) is 5.91 Å². The van der Waals surface area contributed by atoms with Crippen LogP contribution in [0, 0.1) is 20.8 Å². The van der Waals surface area contributed by atoms with Crippen LogP contribution in [0.15, 0.2) is 23.7 Å². The van der Waals surface area contributed by atoms with Gasteiger partial charge in [0, 0.05) is 10.6 Å². The van der Waals surface area contributed by atoms with Gasteiger partial charge in [0.2, 0.25) is 0 Å². The van der Waals surface area contributed by atoms with E-state index in [1.807, 2.05) is 39.0 Å². The predicted octanol–water partition coefficient (Wildman–Crippen LogP) is 3.32. The molecule has 1 amide bonds. The van der Waals surface area contributed by atoms with Crippen molar-refractivity contribution >= 4 is 22.9 Å². The number of benzene rings is 1. The van der Waals surface area contributed by atoms with Gasteiger partial charge in [0.05, 0.1) is 5.51 Å². The lowest BCUT2D eigenvalue weighted by atomic mass is 10.1. The van der Waals surface area contributed by atoms with Gasteiger partial charge >= 0.3 is 0 Å². The summed E-state index contributed by atoms with van der Waals surface area (Å²) < 4.78 is 0. The van der Waals surface area contributed by atoms with Crippen LogP contribution < -0.4 is 5.32 Å². The molecule has 0 atom stereocenters. The maximum Gasteiger partial charge on any atom is 0.275 e. The summed E-state index contributed by atoms with van der Waals surface area (Å²) in [6.07, 6.45) is 0. The van der Waals surface area contributed by atoms with Crippen LogP contribution in [0.25, 0.3) is 0 Å². The zero-order chi connectivity index (χ0) is 12.4. The second kappa shape index (κ2) is 4.67. The molecule has 0 saturated carbocycles. The molecule has 1 aromatic heterocycles. The number of aromatic nitrogens is 1. The van der Waals surface area contributed by atoms with Crippen molar-refractivity contribution in [3.8, 4) is 0 Å². The molecule has 0 fully saturated rings. The Morgan fingerprint density at radius 3 is 2.59 bits per heavy atom. The predicted molar refractivity (Wildman–Crippen MR) is 70.7 cm³/mol. The van der Waals surface area contributed by atoms with E-state index in [0.29, 0.717) is 5.69 Å². The molecule has 0 aliphatic heterocycles. The van der Waals surface area contributed by atoms with Gasteiger partial charge in [0.15, 0.2) is 0 Å². The molecule has 0 radical (unpaired) electrons. The van der Waals surface area contributed by atoms with Gasteiger partial charge < -0.3 is 5.32 Å². The third kappa shape index (κ3) is 2.53. The average molecular weight is 246 g/mol. The third-order valence-corrected chi connectivity index (χ3v) is 3.48. The minimum Gasteiger partial charge on any atom is -0.321 e. The Morgan fingerprint density at radius 2 is 2.00 bits per heavy atom. The molecule has 0 aliphatic rings. The van der Waals surface area contributed by atoms with Gasteiger partial charge in [-0.05, 0) is 44.0 Å². The van der Waals surface area contributed by atoms with Gasteiger partial charge in [-0.1, -0.05) is 6.07 Å². The fraction of sp³-hybridized carbons (Fsp3) is 0.231. The van der Waals surface area contributed by atoms with Crippen molar-refractivity contribution in [2.45, 2.75) is 20.8 Å². The van der Waals surface area contributed by atoms with Crippen molar-refractivity contribution in [2.24, 2.45) is 0 Å². The number of thiazole rings is 1. The van der Waals surface area contributed by atoms with Crippen LogP contribution in [0.2, 0.25) is 0 Å². The van der Waals surface area contributed by atoms with E-state index in [1.165, 1.54) is 16.9 Å². The first-order valence-corrected chi connectivity index (χ1v) is 6.24. The van der Waals surface area contributed by atoms with Crippen LogP contribution in [0.4, 0.5) is 5.69 Å². The van der Waals surface area contributed by atoms with E-state index in [1.54, 1.807) is 5.51 Å². The highest BCUT2D eigenvalue weighted by molar-refractivity contribution is 7.09. The lowest BCUT2D eigenvalue weighted by molar-refractivity contribution is 0.102. The van der Waals surface area contributed by atoms with E-state index in [9.17, 15) is 4.79 Å². The molecule has 0 unspecified atom stereocenters. The van der Waals surface area contributed by atoms with Gasteiger partial charge in [-0.2, -0.15) is 0 Å². The zero-order valence-corrected chi connectivity index (χ0v) is 10.9. The number of aryl methyl sites for hydroxylation is 3. The van der Waals surface area contributed by atoms with Crippen LogP contribution in [-0.2, 0) is 0 Å². The summed E-state index contributed by atoms with van der Waals surface area (Å²) in [7, 11) is 0. The topological polar surface area (TPSA) is 42.0 Å². The average Bonchev–Trinajstić information content (AvgIpc) is 2.70. The Kier molecular flexibility index (Phi) is 3.24. The highest BCUT2D eigenvalue weighted by Gasteiger charge is 2.12. The zero-order valence-electron chi connectivity index (χ0n) is 10.1. The van der Waals surface area contributed by atoms with Gasteiger partial charge in [-0.25, -0.2) is 4.98 Å². The second-order valence-electron chi connectivity index (χ2n) is 4.01. The Bertz CT molecular complexity index is 560. The third-order valence-electron chi connectivity index (χ3n) is 2.72. The summed E-state index contributed by atoms with van der Waals surface area (Å²) in [6.45, 7) is 5.97. The number of anilines is 1. The van der Waals surface area contributed by atoms with Crippen molar-refractivity contribution in [1.29, 1.82) is 0 Å². The molecule has 1 heterocycles. The van der Waals surface area contributed by atoms with Gasteiger partial charge in [-0.15, -0.1) is 11.3 Å². The van der Waals surface area contributed by atoms with Crippen molar-refractivity contribution in [3.63, 3.8) is 0 Å². The van der Waals surface area contributed by atoms with Crippen LogP contribution in [0.5, 0.6) is 0 Å². The van der Waals surface area contributed by atoms with Crippen molar-refractivity contribution < 1.29 is 4.79 Å². The van der Waals surface area contributed by atoms with E-state index >= 15 is 0 Å². The molecule has 0 aliphatic carbocycles. The number of carbonyl (C=O) groups excluding carboxylic acids is 1. The molecule has 0 spiro atoms. The van der Waals surface area contributed by atoms with Crippen LogP contribution >= 0.6 is 11.3 Å². The maximum absolute atomic E-state index is 11.9. The number of rotatable bonds is 2. The quantitative estimate of drug-likeness (QED) is 0.883. The molecule has 0 saturated heterocycles. The van der Waals surface area contributed by atoms with E-state index in [4.69, 9.17) is 0 Å². The van der Waals surface area contributed by atoms with Crippen molar-refractivity contribution in [1.82, 2.24) is 4.98 Å². The van der Waals surface area contributed by atoms with Gasteiger partial charge in [0.25, 0.3) is 5.91 Å². The molecule has 17 heavy (non-hydrogen) atoms. The molecule has 88 valence electrons.